The van der Waals surface area contributed by atoms with Crippen LogP contribution < -0.4 is 0 Å². The minimum absolute atomic E-state index is 0.199. The predicted octanol–water partition coefficient (Wildman–Crippen LogP) is 1.20. The first kappa shape index (κ1) is 6.95. The van der Waals surface area contributed by atoms with Gasteiger partial charge in [0.1, 0.15) is 0 Å². The normalized spacial score (nSPS) is 11.1. The van der Waals surface area contributed by atoms with Crippen molar-refractivity contribution in [3.63, 3.8) is 0 Å². The molecule has 0 amide bonds. The molecular weight excluding hydrogens is 104 g/mol. The number of allylic oxidation sites excluding steroid dienone is 3. The summed E-state index contributed by atoms with van der Waals surface area (Å²) >= 11 is 0. The van der Waals surface area contributed by atoms with Crippen molar-refractivity contribution in [3.8, 4) is 0 Å². The Bertz CT molecular complexity index is 108. The van der Waals surface area contributed by atoms with Gasteiger partial charge in [0.25, 0.3) is 0 Å². The van der Waals surface area contributed by atoms with E-state index in [1.165, 1.54) is 6.08 Å². The van der Waals surface area contributed by atoms with Gasteiger partial charge in [0.15, 0.2) is 5.78 Å². The van der Waals surface area contributed by atoms with Gasteiger partial charge in [-0.2, -0.15) is 0 Å². The molecule has 0 aromatic rings. The number of hydrogen-bond acceptors (Lipinski definition) is 2. The Labute approximate surface area is 48.1 Å². The minimum Gasteiger partial charge on any atom is -0.515 e. The molecule has 0 aromatic carbocycles. The molecule has 0 atom stereocenters. The summed E-state index contributed by atoms with van der Waals surface area (Å²) in [6.45, 7) is 1.74. The highest BCUT2D eigenvalue weighted by Gasteiger charge is 1.82. The Balaban J connectivity index is 3.66. The van der Waals surface area contributed by atoms with Gasteiger partial charge in [0, 0.05) is 6.08 Å². The Kier molecular flexibility index (Phi) is 3.58. The van der Waals surface area contributed by atoms with Gasteiger partial charge < -0.3 is 5.11 Å². The molecule has 0 unspecified atom stereocenters. The van der Waals surface area contributed by atoms with Crippen LogP contribution in [0.5, 0.6) is 0 Å². The lowest BCUT2D eigenvalue weighted by Gasteiger charge is -1.74. The number of hydrogen-bond donors (Lipinski definition) is 1. The van der Waals surface area contributed by atoms with Crippen molar-refractivity contribution in [1.82, 2.24) is 0 Å². The van der Waals surface area contributed by atoms with Gasteiger partial charge in [-0.15, -0.1) is 0 Å². The van der Waals surface area contributed by atoms with E-state index in [2.05, 4.69) is 0 Å². The summed E-state index contributed by atoms with van der Waals surface area (Å²) in [6, 6.07) is 0. The van der Waals surface area contributed by atoms with Gasteiger partial charge in [0.05, 0.1) is 6.26 Å². The van der Waals surface area contributed by atoms with Crippen molar-refractivity contribution < 1.29 is 9.90 Å². The van der Waals surface area contributed by atoms with Crippen molar-refractivity contribution in [2.75, 3.05) is 0 Å². The van der Waals surface area contributed by atoms with E-state index in [0.29, 0.717) is 0 Å². The average Bonchev–Trinajstić information content (AvgIpc) is 1.68. The van der Waals surface area contributed by atoms with E-state index in [9.17, 15) is 4.79 Å². The predicted molar refractivity (Wildman–Crippen MR) is 31.6 cm³/mol. The fourth-order valence-electron chi connectivity index (χ4n) is 0.293. The van der Waals surface area contributed by atoms with Crippen LogP contribution >= 0.6 is 0 Å². The summed E-state index contributed by atoms with van der Waals surface area (Å²) in [5.74, 6) is -0.199. The fraction of sp³-hybridized carbons (Fsp3) is 0.167. The first-order valence-electron chi connectivity index (χ1n) is 2.28. The van der Waals surface area contributed by atoms with E-state index >= 15 is 0 Å². The minimum atomic E-state index is -0.199. The zero-order valence-electron chi connectivity index (χ0n) is 4.66. The molecule has 0 saturated carbocycles. The van der Waals surface area contributed by atoms with Crippen LogP contribution in [0.4, 0.5) is 0 Å². The van der Waals surface area contributed by atoms with E-state index < -0.39 is 0 Å². The maximum atomic E-state index is 10.3. The molecule has 44 valence electrons. The molecule has 0 aromatic heterocycles. The van der Waals surface area contributed by atoms with E-state index in [0.717, 1.165) is 12.3 Å². The molecule has 0 bridgehead atoms. The summed E-state index contributed by atoms with van der Waals surface area (Å²) in [4.78, 5) is 10.3. The molecule has 0 fully saturated rings. The summed E-state index contributed by atoms with van der Waals surface area (Å²) in [5, 5.41) is 8.03. The van der Waals surface area contributed by atoms with Crippen molar-refractivity contribution in [3.05, 3.63) is 24.5 Å². The second-order valence-corrected chi connectivity index (χ2v) is 1.22. The first-order chi connectivity index (χ1) is 3.81. The second kappa shape index (κ2) is 4.12. The molecule has 0 heterocycles. The molecule has 8 heavy (non-hydrogen) atoms. The highest BCUT2D eigenvalue weighted by Crippen LogP contribution is 1.76. The Morgan fingerprint density at radius 1 is 1.50 bits per heavy atom. The van der Waals surface area contributed by atoms with E-state index in [1.54, 1.807) is 13.0 Å². The average molecular weight is 112 g/mol. The summed E-state index contributed by atoms with van der Waals surface area (Å²) in [5.41, 5.74) is 0. The quantitative estimate of drug-likeness (QED) is 0.430. The lowest BCUT2D eigenvalue weighted by Crippen LogP contribution is -1.82. The highest BCUT2D eigenvalue weighted by atomic mass is 16.2. The van der Waals surface area contributed by atoms with Crippen LogP contribution in [0.1, 0.15) is 6.92 Å². The second-order valence-electron chi connectivity index (χ2n) is 1.22. The largest absolute Gasteiger partial charge is 0.515 e. The van der Waals surface area contributed by atoms with Crippen LogP contribution in [0, 0.1) is 0 Å². The molecule has 0 spiro atoms. The van der Waals surface area contributed by atoms with Crippen LogP contribution in [0.3, 0.4) is 0 Å². The van der Waals surface area contributed by atoms with Gasteiger partial charge in [-0.05, 0) is 13.0 Å². The van der Waals surface area contributed by atoms with E-state index in [-0.39, 0.29) is 5.78 Å². The van der Waals surface area contributed by atoms with Gasteiger partial charge in [0.2, 0.25) is 0 Å². The molecule has 2 heteroatoms. The molecule has 2 nitrogen and oxygen atoms in total. The molecule has 0 aliphatic rings. The monoisotopic (exact) mass is 112 g/mol. The molecule has 0 radical (unpaired) electrons. The van der Waals surface area contributed by atoms with Gasteiger partial charge >= 0.3 is 0 Å². The SMILES string of the molecule is CC=CC(=O)C=CO. The topological polar surface area (TPSA) is 37.3 Å². The number of aliphatic hydroxyl groups is 1. The van der Waals surface area contributed by atoms with Crippen LogP contribution in [-0.2, 0) is 4.79 Å². The van der Waals surface area contributed by atoms with Crippen molar-refractivity contribution in [1.29, 1.82) is 0 Å². The molecule has 0 aliphatic carbocycles. The lowest BCUT2D eigenvalue weighted by molar-refractivity contribution is -0.110. The molecule has 0 rings (SSSR count). The van der Waals surface area contributed by atoms with Gasteiger partial charge in [-0.3, -0.25) is 4.79 Å². The maximum absolute atomic E-state index is 10.3. The maximum Gasteiger partial charge on any atom is 0.181 e. The lowest BCUT2D eigenvalue weighted by atomic mass is 10.3. The number of carbonyl (C=O) groups excluding carboxylic acids is 1. The smallest absolute Gasteiger partial charge is 0.181 e. The fourth-order valence-corrected chi connectivity index (χ4v) is 0.293. The number of carbonyl (C=O) groups is 1. The van der Waals surface area contributed by atoms with Crippen molar-refractivity contribution >= 4 is 5.78 Å². The van der Waals surface area contributed by atoms with Gasteiger partial charge in [-0.25, -0.2) is 0 Å². The Morgan fingerprint density at radius 2 is 2.12 bits per heavy atom. The zero-order valence-corrected chi connectivity index (χ0v) is 4.66. The molecule has 0 aliphatic heterocycles. The third-order valence-corrected chi connectivity index (χ3v) is 0.570. The number of rotatable bonds is 2. The number of ketones is 1. The number of aliphatic hydroxyl groups excluding tert-OH is 1. The first-order valence-corrected chi connectivity index (χ1v) is 2.28. The summed E-state index contributed by atoms with van der Waals surface area (Å²) < 4.78 is 0. The van der Waals surface area contributed by atoms with Crippen LogP contribution in [0.15, 0.2) is 24.5 Å². The molecule has 0 saturated heterocycles. The Morgan fingerprint density at radius 3 is 2.50 bits per heavy atom. The van der Waals surface area contributed by atoms with E-state index in [4.69, 9.17) is 5.11 Å². The van der Waals surface area contributed by atoms with Crippen molar-refractivity contribution in [2.24, 2.45) is 0 Å². The summed E-state index contributed by atoms with van der Waals surface area (Å²) in [6.07, 6.45) is 4.79. The third-order valence-electron chi connectivity index (χ3n) is 0.570. The molecular formula is C6H8O2. The summed E-state index contributed by atoms with van der Waals surface area (Å²) in [7, 11) is 0. The Hall–Kier alpha value is -1.05. The van der Waals surface area contributed by atoms with Crippen LogP contribution in [-0.4, -0.2) is 10.9 Å². The van der Waals surface area contributed by atoms with Crippen LogP contribution in [0.25, 0.3) is 0 Å². The van der Waals surface area contributed by atoms with Crippen LogP contribution in [0.2, 0.25) is 0 Å². The highest BCUT2D eigenvalue weighted by molar-refractivity contribution is 5.98. The standard InChI is InChI=1S/C6H8O2/c1-2-3-6(8)4-5-7/h2-5,7H,1H3. The third kappa shape index (κ3) is 3.15. The molecule has 1 N–H and O–H groups in total. The zero-order chi connectivity index (χ0) is 6.41. The van der Waals surface area contributed by atoms with E-state index in [1.807, 2.05) is 0 Å². The van der Waals surface area contributed by atoms with Gasteiger partial charge in [-0.1, -0.05) is 6.08 Å². The van der Waals surface area contributed by atoms with Crippen molar-refractivity contribution in [2.45, 2.75) is 6.92 Å².